The van der Waals surface area contributed by atoms with Crippen LogP contribution >= 0.6 is 0 Å². The van der Waals surface area contributed by atoms with Crippen LogP contribution < -0.4 is 58.6 Å². The molecule has 1 radical (unpaired) electrons. The smallest absolute Gasteiger partial charge is 0.871 e. The van der Waals surface area contributed by atoms with E-state index in [-0.39, 0.29) is 54.5 Å². The van der Waals surface area contributed by atoms with Gasteiger partial charge in [0, 0.05) is 11.4 Å². The molecule has 2 unspecified atom stereocenters. The van der Waals surface area contributed by atoms with Crippen molar-refractivity contribution in [1.82, 2.24) is 0 Å². The van der Waals surface area contributed by atoms with E-state index in [0.717, 1.165) is 50.2 Å². The number of sulfonamides is 2. The van der Waals surface area contributed by atoms with Gasteiger partial charge >= 0.3 is 54.5 Å². The van der Waals surface area contributed by atoms with Crippen molar-refractivity contribution in [3.8, 4) is 11.5 Å². The number of Topliss-reactive ketones (excluding diaryl/α,β-unsaturated/α-hetero) is 2. The van der Waals surface area contributed by atoms with Crippen LogP contribution in [0.25, 0.3) is 10.3 Å². The molecule has 0 fully saturated rings. The number of rotatable bonds is 12. The maximum atomic E-state index is 12.2. The number of benzene rings is 4. The van der Waals surface area contributed by atoms with E-state index in [2.05, 4.69) is 31.1 Å². The Hall–Kier alpha value is -4.52. The van der Waals surface area contributed by atoms with Gasteiger partial charge in [0.1, 0.15) is 0 Å². The Morgan fingerprint density at radius 1 is 0.582 bits per heavy atom. The van der Waals surface area contributed by atoms with Gasteiger partial charge in [-0.1, -0.05) is 60.0 Å². The molecule has 18 nitrogen and oxygen atoms in total. The number of carbonyl (C=O) groups excluding carboxylic acids is 4. The number of anilines is 2. The molecular weight excluding hydrogens is 793 g/mol. The van der Waals surface area contributed by atoms with Crippen molar-refractivity contribution < 1.29 is 101 Å². The molecule has 279 valence electrons. The second-order valence-corrected chi connectivity index (χ2v) is 13.4. The van der Waals surface area contributed by atoms with Crippen molar-refractivity contribution in [3.63, 3.8) is 0 Å². The van der Waals surface area contributed by atoms with Gasteiger partial charge < -0.3 is 31.1 Å². The van der Waals surface area contributed by atoms with Gasteiger partial charge in [-0.2, -0.15) is 20.5 Å². The van der Waals surface area contributed by atoms with E-state index in [1.165, 1.54) is 0 Å². The van der Waals surface area contributed by atoms with Gasteiger partial charge in [0.25, 0.3) is 11.8 Å². The minimum atomic E-state index is -4.29. The summed E-state index contributed by atoms with van der Waals surface area (Å²) in [6.45, 7) is 2.27. The first-order chi connectivity index (χ1) is 24.4. The number of amides is 2. The minimum Gasteiger partial charge on any atom is -0.871 e. The molecule has 0 aromatic heterocycles. The van der Waals surface area contributed by atoms with Crippen molar-refractivity contribution >= 4 is 66.2 Å². The average molecular weight is 822 g/mol. The summed E-state index contributed by atoms with van der Waals surface area (Å²) in [5.74, 6) is -4.04. The second kappa shape index (κ2) is 22.8. The second-order valence-electron chi connectivity index (χ2n) is 10.4. The van der Waals surface area contributed by atoms with Crippen molar-refractivity contribution in [2.75, 3.05) is 10.6 Å². The predicted molar refractivity (Wildman–Crippen MR) is 183 cm³/mol. The SMILES string of the molecule is CC(=O)C(N=Nc1cc(S([NH-])(=O)=O)ccc1[O-])C(=O)Nc1ccccc1.CC(=O)C(N=Nc1cc(S([NH-])(=O)=O)ccc1[O-])C(=O)Nc1ccccc1.[Co+2].[Li+].[Li+]. The zero-order valence-electron chi connectivity index (χ0n) is 29.4. The van der Waals surface area contributed by atoms with E-state index < -0.39 is 88.2 Å². The maximum absolute atomic E-state index is 12.2. The fourth-order valence-corrected chi connectivity index (χ4v) is 4.85. The fourth-order valence-electron chi connectivity index (χ4n) is 3.83. The summed E-state index contributed by atoms with van der Waals surface area (Å²) in [6, 6.07) is 19.2. The zero-order chi connectivity index (χ0) is 38.6. The van der Waals surface area contributed by atoms with Gasteiger partial charge in [0.2, 0.25) is 12.1 Å². The molecule has 2 amide bonds. The average Bonchev–Trinajstić information content (AvgIpc) is 3.06. The monoisotopic (exact) mass is 821 g/mol. The van der Waals surface area contributed by atoms with Crippen LogP contribution in [0.1, 0.15) is 13.8 Å². The Labute approximate surface area is 350 Å². The van der Waals surface area contributed by atoms with Crippen LogP contribution in [-0.2, 0) is 56.0 Å². The number of para-hydroxylation sites is 2. The van der Waals surface area contributed by atoms with Crippen molar-refractivity contribution in [2.24, 2.45) is 20.5 Å². The third-order valence-electron chi connectivity index (χ3n) is 6.39. The van der Waals surface area contributed by atoms with Gasteiger partial charge in [-0.25, -0.2) is 16.8 Å². The molecule has 23 heteroatoms. The number of hydrogen-bond donors (Lipinski definition) is 2. The number of hydrogen-bond acceptors (Lipinski definition) is 14. The Kier molecular flexibility index (Phi) is 20.9. The summed E-state index contributed by atoms with van der Waals surface area (Å²) in [5, 5.41) is 56.7. The van der Waals surface area contributed by atoms with E-state index in [4.69, 9.17) is 10.3 Å². The first-order valence-corrected chi connectivity index (χ1v) is 17.5. The summed E-state index contributed by atoms with van der Waals surface area (Å²) in [6.07, 6.45) is 0. The standard InChI is InChI=1S/2C16H16N4O5S.Co.2Li/c2*1-10(21)15(16(23)18-11-5-3-2-4-6-11)20-19-13-9-12(26(17,24)25)7-8-14(13)22;;;/h2*2-9,15H,1H3,(H4,17,18,20,22,23,24,25);;;/q;;+2;2*+1/p-4. The van der Waals surface area contributed by atoms with E-state index in [0.29, 0.717) is 11.4 Å². The topological polar surface area (TPSA) is 304 Å². The normalized spacial score (nSPS) is 12.0. The molecule has 4 N–H and O–H groups in total. The largest absolute Gasteiger partial charge is 2.00 e. The van der Waals surface area contributed by atoms with Crippen LogP contribution in [0, 0.1) is 0 Å². The molecule has 2 atom stereocenters. The number of azo groups is 2. The number of nitrogens with one attached hydrogen (secondary N) is 4. The molecule has 4 aromatic carbocycles. The molecule has 4 aromatic rings. The van der Waals surface area contributed by atoms with Crippen LogP contribution in [-0.4, -0.2) is 52.3 Å². The van der Waals surface area contributed by atoms with Crippen molar-refractivity contribution in [3.05, 3.63) is 107 Å². The van der Waals surface area contributed by atoms with E-state index >= 15 is 0 Å². The van der Waals surface area contributed by atoms with Crippen LogP contribution in [0.5, 0.6) is 11.5 Å². The third-order valence-corrected chi connectivity index (χ3v) is 8.14. The van der Waals surface area contributed by atoms with Crippen molar-refractivity contribution in [1.29, 1.82) is 0 Å². The molecule has 0 aliphatic heterocycles. The van der Waals surface area contributed by atoms with Crippen LogP contribution in [0.15, 0.2) is 127 Å². The molecule has 4 rings (SSSR count). The first kappa shape index (κ1) is 50.5. The van der Waals surface area contributed by atoms with Gasteiger partial charge in [-0.05, 0) is 62.4 Å². The summed E-state index contributed by atoms with van der Waals surface area (Å²) in [7, 11) is -8.58. The Morgan fingerprint density at radius 3 is 1.16 bits per heavy atom. The molecule has 0 saturated heterocycles. The predicted octanol–water partition coefficient (Wildman–Crippen LogP) is -1.63. The molecule has 0 aliphatic rings. The minimum absolute atomic E-state index is 0. The number of ketones is 2. The quantitative estimate of drug-likeness (QED) is 0.0934. The third kappa shape index (κ3) is 16.0. The zero-order valence-corrected chi connectivity index (χ0v) is 32.1. The van der Waals surface area contributed by atoms with Crippen LogP contribution in [0.2, 0.25) is 0 Å². The van der Waals surface area contributed by atoms with Crippen LogP contribution in [0.3, 0.4) is 0 Å². The molecule has 0 heterocycles. The number of nitrogens with zero attached hydrogens (tertiary/aromatic N) is 4. The summed E-state index contributed by atoms with van der Waals surface area (Å²) in [5.41, 5.74) is 0.116. The molecule has 0 spiro atoms. The Bertz CT molecular complexity index is 2090. The van der Waals surface area contributed by atoms with Gasteiger partial charge in [-0.3, -0.25) is 19.2 Å². The van der Waals surface area contributed by atoms with Crippen molar-refractivity contribution in [2.45, 2.75) is 35.7 Å². The molecule has 55 heavy (non-hydrogen) atoms. The fraction of sp³-hybridized carbons (Fsp3) is 0.125. The van der Waals surface area contributed by atoms with E-state index in [9.17, 15) is 46.2 Å². The molecule has 0 bridgehead atoms. The summed E-state index contributed by atoms with van der Waals surface area (Å²) < 4.78 is 44.9. The van der Waals surface area contributed by atoms with Gasteiger partial charge in [0.05, 0.1) is 41.2 Å². The maximum Gasteiger partial charge on any atom is 2.00 e. The Morgan fingerprint density at radius 2 is 0.891 bits per heavy atom. The summed E-state index contributed by atoms with van der Waals surface area (Å²) in [4.78, 5) is 46.9. The summed E-state index contributed by atoms with van der Waals surface area (Å²) >= 11 is 0. The molecule has 0 aliphatic carbocycles. The Balaban J connectivity index is 0.00000101. The first-order valence-electron chi connectivity index (χ1n) is 14.5. The molecule has 0 saturated carbocycles. The van der Waals surface area contributed by atoms with E-state index in [1.807, 2.05) is 0 Å². The van der Waals surface area contributed by atoms with E-state index in [1.54, 1.807) is 60.7 Å². The van der Waals surface area contributed by atoms with Gasteiger partial charge in [-0.15, -0.1) is 0 Å². The molecular formula is C32H28CoLi2N8O10S2. The van der Waals surface area contributed by atoms with Gasteiger partial charge in [0.15, 0.2) is 11.6 Å². The number of carbonyl (C=O) groups is 4. The van der Waals surface area contributed by atoms with Crippen LogP contribution in [0.4, 0.5) is 22.7 Å².